The van der Waals surface area contributed by atoms with Crippen LogP contribution in [0.4, 0.5) is 0 Å². The third-order valence-corrected chi connectivity index (χ3v) is 6.55. The molecule has 0 aliphatic heterocycles. The second-order valence-corrected chi connectivity index (χ2v) is 8.25. The molecular formula is C24H20N4O2. The van der Waals surface area contributed by atoms with E-state index in [-0.39, 0.29) is 17.6 Å². The van der Waals surface area contributed by atoms with Gasteiger partial charge in [0.1, 0.15) is 0 Å². The number of rotatable bonds is 3. The summed E-state index contributed by atoms with van der Waals surface area (Å²) < 4.78 is 1.53. The smallest absolute Gasteiger partial charge is 0.327 e. The Balaban J connectivity index is 1.25. The first-order valence-electron chi connectivity index (χ1n) is 10.1. The summed E-state index contributed by atoms with van der Waals surface area (Å²) in [4.78, 5) is 31.8. The van der Waals surface area contributed by atoms with Crippen LogP contribution in [0.2, 0.25) is 0 Å². The molecule has 2 aliphatic rings. The number of hydrogen-bond acceptors (Lipinski definition) is 3. The van der Waals surface area contributed by atoms with E-state index in [0.29, 0.717) is 23.0 Å². The lowest BCUT2D eigenvalue weighted by Gasteiger charge is -2.10. The van der Waals surface area contributed by atoms with Crippen LogP contribution >= 0.6 is 0 Å². The number of carbonyl (C=O) groups is 1. The van der Waals surface area contributed by atoms with Crippen LogP contribution < -0.4 is 11.0 Å². The first-order chi connectivity index (χ1) is 14.6. The van der Waals surface area contributed by atoms with Crippen molar-refractivity contribution < 1.29 is 4.79 Å². The van der Waals surface area contributed by atoms with Crippen LogP contribution in [-0.4, -0.2) is 26.5 Å². The highest BCUT2D eigenvalue weighted by atomic mass is 16.2. The number of aromatic nitrogens is 3. The summed E-state index contributed by atoms with van der Waals surface area (Å²) in [6.07, 6.45) is 2.77. The predicted molar refractivity (Wildman–Crippen MR) is 114 cm³/mol. The zero-order valence-electron chi connectivity index (χ0n) is 16.4. The Kier molecular flexibility index (Phi) is 3.53. The third-order valence-electron chi connectivity index (χ3n) is 6.55. The number of pyridine rings is 1. The first kappa shape index (κ1) is 17.2. The highest BCUT2D eigenvalue weighted by molar-refractivity contribution is 5.96. The van der Waals surface area contributed by atoms with Crippen molar-refractivity contribution in [1.82, 2.24) is 19.9 Å². The molecule has 4 aromatic rings. The highest BCUT2D eigenvalue weighted by Gasteiger charge is 2.56. The van der Waals surface area contributed by atoms with E-state index >= 15 is 0 Å². The number of fused-ring (bicyclic) bond motifs is 4. The maximum atomic E-state index is 12.9. The van der Waals surface area contributed by atoms with Gasteiger partial charge in [-0.3, -0.25) is 14.3 Å². The van der Waals surface area contributed by atoms with E-state index < -0.39 is 0 Å². The van der Waals surface area contributed by atoms with Crippen molar-refractivity contribution in [2.75, 3.05) is 0 Å². The number of nitrogens with one attached hydrogen (secondary N) is 2. The van der Waals surface area contributed by atoms with Gasteiger partial charge in [-0.1, -0.05) is 36.4 Å². The number of H-pyrrole nitrogens is 1. The van der Waals surface area contributed by atoms with Crippen molar-refractivity contribution in [3.8, 4) is 11.1 Å². The van der Waals surface area contributed by atoms with E-state index in [1.807, 2.05) is 30.3 Å². The number of imidazole rings is 1. The van der Waals surface area contributed by atoms with Crippen molar-refractivity contribution in [1.29, 1.82) is 0 Å². The Hall–Kier alpha value is -3.67. The summed E-state index contributed by atoms with van der Waals surface area (Å²) in [6, 6.07) is 18.2. The molecular weight excluding hydrogens is 376 g/mol. The maximum absolute atomic E-state index is 12.9. The highest BCUT2D eigenvalue weighted by Crippen LogP contribution is 2.56. The van der Waals surface area contributed by atoms with E-state index in [1.54, 1.807) is 13.2 Å². The molecule has 148 valence electrons. The van der Waals surface area contributed by atoms with E-state index in [9.17, 15) is 9.59 Å². The van der Waals surface area contributed by atoms with E-state index in [4.69, 9.17) is 0 Å². The monoisotopic (exact) mass is 396 g/mol. The second-order valence-electron chi connectivity index (χ2n) is 8.25. The Morgan fingerprint density at radius 1 is 1.13 bits per heavy atom. The molecule has 2 aromatic heterocycles. The quantitative estimate of drug-likeness (QED) is 0.559. The Morgan fingerprint density at radius 3 is 2.90 bits per heavy atom. The maximum Gasteiger partial charge on any atom is 0.327 e. The van der Waals surface area contributed by atoms with Gasteiger partial charge in [0.15, 0.2) is 5.65 Å². The SMILES string of the molecule is Cn1c(=O)[nH]c2ncc(-c3cccc(C(=O)N[C@@H]4[C@H]5Cc6ccccc6[C@@H]54)c3)cc21. The Bertz CT molecular complexity index is 1380. The number of benzene rings is 2. The van der Waals surface area contributed by atoms with Gasteiger partial charge < -0.3 is 5.32 Å². The topological polar surface area (TPSA) is 79.8 Å². The van der Waals surface area contributed by atoms with Gasteiger partial charge in [0.05, 0.1) is 5.52 Å². The van der Waals surface area contributed by atoms with Gasteiger partial charge in [-0.25, -0.2) is 9.78 Å². The van der Waals surface area contributed by atoms with Crippen molar-refractivity contribution >= 4 is 17.1 Å². The molecule has 0 spiro atoms. The summed E-state index contributed by atoms with van der Waals surface area (Å²) in [5.74, 6) is 0.933. The molecule has 2 heterocycles. The molecule has 2 aliphatic carbocycles. The largest absolute Gasteiger partial charge is 0.348 e. The van der Waals surface area contributed by atoms with Crippen LogP contribution in [0.15, 0.2) is 65.6 Å². The van der Waals surface area contributed by atoms with Crippen LogP contribution in [0.1, 0.15) is 27.4 Å². The fourth-order valence-electron chi connectivity index (χ4n) is 4.88. The minimum absolute atomic E-state index is 0.0446. The normalized spacial score (nSPS) is 21.3. The third kappa shape index (κ3) is 2.53. The lowest BCUT2D eigenvalue weighted by atomic mass is 10.0. The van der Waals surface area contributed by atoms with Gasteiger partial charge in [-0.15, -0.1) is 0 Å². The number of carbonyl (C=O) groups excluding carboxylic acids is 1. The molecule has 6 heteroatoms. The minimum atomic E-state index is -0.195. The number of hydrogen-bond donors (Lipinski definition) is 2. The molecule has 3 atom stereocenters. The molecule has 0 saturated heterocycles. The molecule has 0 bridgehead atoms. The molecule has 1 fully saturated rings. The van der Waals surface area contributed by atoms with Gasteiger partial charge in [-0.05, 0) is 47.2 Å². The van der Waals surface area contributed by atoms with Gasteiger partial charge in [0.25, 0.3) is 5.91 Å². The Morgan fingerprint density at radius 2 is 2.00 bits per heavy atom. The van der Waals surface area contributed by atoms with Crippen LogP contribution in [0, 0.1) is 5.92 Å². The van der Waals surface area contributed by atoms with Crippen molar-refractivity contribution in [2.24, 2.45) is 13.0 Å². The molecule has 1 saturated carbocycles. The van der Waals surface area contributed by atoms with Gasteiger partial charge in [-0.2, -0.15) is 0 Å². The summed E-state index contributed by atoms with van der Waals surface area (Å²) in [7, 11) is 1.71. The second kappa shape index (κ2) is 6.16. The average molecular weight is 396 g/mol. The van der Waals surface area contributed by atoms with Gasteiger partial charge in [0.2, 0.25) is 0 Å². The Labute approximate surface area is 172 Å². The molecule has 0 radical (unpaired) electrons. The molecule has 2 aromatic carbocycles. The van der Waals surface area contributed by atoms with Crippen molar-refractivity contribution in [3.05, 3.63) is 88.0 Å². The number of aromatic amines is 1. The van der Waals surface area contributed by atoms with Crippen molar-refractivity contribution in [2.45, 2.75) is 18.4 Å². The van der Waals surface area contributed by atoms with E-state index in [0.717, 1.165) is 23.1 Å². The number of nitrogens with zero attached hydrogens (tertiary/aromatic N) is 2. The first-order valence-corrected chi connectivity index (χ1v) is 10.1. The summed E-state index contributed by atoms with van der Waals surface area (Å²) in [5, 5.41) is 3.23. The minimum Gasteiger partial charge on any atom is -0.348 e. The van der Waals surface area contributed by atoms with Crippen LogP contribution in [0.5, 0.6) is 0 Å². The van der Waals surface area contributed by atoms with E-state index in [2.05, 4.69) is 39.6 Å². The molecule has 0 unspecified atom stereocenters. The molecule has 6 nitrogen and oxygen atoms in total. The summed E-state index contributed by atoms with van der Waals surface area (Å²) >= 11 is 0. The molecule has 6 rings (SSSR count). The summed E-state index contributed by atoms with van der Waals surface area (Å²) in [6.45, 7) is 0. The zero-order chi connectivity index (χ0) is 20.4. The average Bonchev–Trinajstić information content (AvgIpc) is 3.14. The fourth-order valence-corrected chi connectivity index (χ4v) is 4.88. The lowest BCUT2D eigenvalue weighted by molar-refractivity contribution is 0.0948. The van der Waals surface area contributed by atoms with Crippen LogP contribution in [-0.2, 0) is 13.5 Å². The number of amides is 1. The molecule has 30 heavy (non-hydrogen) atoms. The fraction of sp³-hybridized carbons (Fsp3) is 0.208. The van der Waals surface area contributed by atoms with Crippen molar-refractivity contribution in [3.63, 3.8) is 0 Å². The van der Waals surface area contributed by atoms with Gasteiger partial charge in [0, 0.05) is 36.3 Å². The standard InChI is InChI=1S/C24H20N4O2/c1-28-19-11-16(12-25-22(19)27-24(28)30)13-6-4-7-15(9-13)23(29)26-21-18-10-14-5-2-3-8-17(14)20(18)21/h2-9,11-12,18,20-21H,10H2,1H3,(H,26,29)(H,25,27,30)/t18-,20-,21+/m0/s1. The number of aryl methyl sites for hydroxylation is 1. The predicted octanol–water partition coefficient (Wildman–Crippen LogP) is 3.00. The molecule has 1 amide bonds. The molecule has 2 N–H and O–H groups in total. The zero-order valence-corrected chi connectivity index (χ0v) is 16.4. The summed E-state index contributed by atoms with van der Waals surface area (Å²) in [5.41, 5.74) is 6.29. The lowest BCUT2D eigenvalue weighted by Crippen LogP contribution is -2.28. The van der Waals surface area contributed by atoms with E-state index in [1.165, 1.54) is 15.7 Å². The van der Waals surface area contributed by atoms with Crippen LogP contribution in [0.3, 0.4) is 0 Å². The van der Waals surface area contributed by atoms with Crippen LogP contribution in [0.25, 0.3) is 22.3 Å². The van der Waals surface area contributed by atoms with Gasteiger partial charge >= 0.3 is 5.69 Å².